The number of amides is 2. The zero-order chi connectivity index (χ0) is 13.6. The van der Waals surface area contributed by atoms with Crippen LogP contribution in [-0.2, 0) is 0 Å². The molecule has 0 spiro atoms. The van der Waals surface area contributed by atoms with Crippen LogP contribution in [0.15, 0.2) is 0 Å². The molecule has 0 bridgehead atoms. The van der Waals surface area contributed by atoms with E-state index in [-0.39, 0.29) is 19.0 Å². The molecular formula is C11H20F3N3O. The summed E-state index contributed by atoms with van der Waals surface area (Å²) in [7, 11) is 0. The van der Waals surface area contributed by atoms with Crippen LogP contribution in [-0.4, -0.2) is 37.4 Å². The highest BCUT2D eigenvalue weighted by Crippen LogP contribution is 2.27. The summed E-state index contributed by atoms with van der Waals surface area (Å²) >= 11 is 0. The minimum atomic E-state index is -4.26. The number of hydrogen-bond acceptors (Lipinski definition) is 2. The van der Waals surface area contributed by atoms with Crippen molar-refractivity contribution in [2.45, 2.75) is 50.9 Å². The highest BCUT2D eigenvalue weighted by Gasteiger charge is 2.41. The van der Waals surface area contributed by atoms with Crippen LogP contribution in [0.3, 0.4) is 0 Å². The van der Waals surface area contributed by atoms with Gasteiger partial charge in [0.25, 0.3) is 0 Å². The third-order valence-electron chi connectivity index (χ3n) is 2.66. The Hall–Kier alpha value is -0.980. The zero-order valence-electron chi connectivity index (χ0n) is 10.4. The third-order valence-corrected chi connectivity index (χ3v) is 2.66. The van der Waals surface area contributed by atoms with E-state index in [1.165, 1.54) is 0 Å². The van der Waals surface area contributed by atoms with E-state index in [1.54, 1.807) is 0 Å². The Morgan fingerprint density at radius 2 is 1.89 bits per heavy atom. The van der Waals surface area contributed by atoms with Gasteiger partial charge in [0.1, 0.15) is 6.04 Å². The number of halogens is 3. The van der Waals surface area contributed by atoms with Gasteiger partial charge in [0.15, 0.2) is 0 Å². The molecule has 1 rings (SSSR count). The lowest BCUT2D eigenvalue weighted by molar-refractivity contribution is -0.157. The fourth-order valence-corrected chi connectivity index (χ4v) is 1.51. The number of carbonyl (C=O) groups excluding carboxylic acids is 1. The molecule has 106 valence electrons. The van der Waals surface area contributed by atoms with E-state index in [1.807, 2.05) is 6.92 Å². The summed E-state index contributed by atoms with van der Waals surface area (Å²) in [5, 5.41) is 7.52. The molecule has 0 aromatic heterocycles. The molecule has 4 nitrogen and oxygen atoms in total. The number of urea groups is 1. The maximum Gasteiger partial charge on any atom is 0.403 e. The van der Waals surface area contributed by atoms with Gasteiger partial charge in [-0.3, -0.25) is 0 Å². The van der Waals surface area contributed by atoms with E-state index < -0.39 is 18.2 Å². The Kier molecular flexibility index (Phi) is 5.71. The second kappa shape index (κ2) is 6.82. The topological polar surface area (TPSA) is 53.2 Å². The van der Waals surface area contributed by atoms with Crippen LogP contribution in [0.5, 0.6) is 0 Å². The van der Waals surface area contributed by atoms with Crippen molar-refractivity contribution < 1.29 is 18.0 Å². The van der Waals surface area contributed by atoms with E-state index in [0.717, 1.165) is 19.3 Å². The fourth-order valence-electron chi connectivity index (χ4n) is 1.51. The molecule has 0 heterocycles. The quantitative estimate of drug-likeness (QED) is 0.658. The maximum absolute atomic E-state index is 12.6. The van der Waals surface area contributed by atoms with Crippen molar-refractivity contribution in [3.8, 4) is 0 Å². The first-order valence-corrected chi connectivity index (χ1v) is 6.28. The summed E-state index contributed by atoms with van der Waals surface area (Å²) in [6, 6.07) is -1.95. The van der Waals surface area contributed by atoms with Crippen LogP contribution in [0.2, 0.25) is 0 Å². The Bertz CT molecular complexity index is 267. The lowest BCUT2D eigenvalue weighted by Gasteiger charge is -2.21. The Morgan fingerprint density at radius 3 is 2.39 bits per heavy atom. The summed E-state index contributed by atoms with van der Waals surface area (Å²) in [5.41, 5.74) is 0. The van der Waals surface area contributed by atoms with E-state index in [0.29, 0.717) is 6.54 Å². The standard InChI is InChI=1S/C11H20F3N3O/c1-2-6-15-10(18)16-7-5-9(11(12,13)14)17-8-3-4-8/h8-9,17H,2-7H2,1H3,(H2,15,16,18). The van der Waals surface area contributed by atoms with Crippen LogP contribution < -0.4 is 16.0 Å². The lowest BCUT2D eigenvalue weighted by atomic mass is 10.2. The van der Waals surface area contributed by atoms with Crippen molar-refractivity contribution in [3.63, 3.8) is 0 Å². The van der Waals surface area contributed by atoms with Crippen LogP contribution in [0, 0.1) is 0 Å². The molecule has 1 aliphatic rings. The number of hydrogen-bond donors (Lipinski definition) is 3. The van der Waals surface area contributed by atoms with Crippen molar-refractivity contribution in [2.75, 3.05) is 13.1 Å². The van der Waals surface area contributed by atoms with Gasteiger partial charge in [0, 0.05) is 19.1 Å². The van der Waals surface area contributed by atoms with Crippen molar-refractivity contribution in [1.82, 2.24) is 16.0 Å². The first-order chi connectivity index (χ1) is 8.43. The molecule has 1 fully saturated rings. The second-order valence-corrected chi connectivity index (χ2v) is 4.51. The summed E-state index contributed by atoms with van der Waals surface area (Å²) < 4.78 is 37.9. The van der Waals surface area contributed by atoms with Crippen molar-refractivity contribution in [3.05, 3.63) is 0 Å². The largest absolute Gasteiger partial charge is 0.403 e. The molecule has 0 aromatic carbocycles. The van der Waals surface area contributed by atoms with Gasteiger partial charge in [-0.2, -0.15) is 13.2 Å². The molecule has 0 aromatic rings. The predicted octanol–water partition coefficient (Wildman–Crippen LogP) is 1.77. The average Bonchev–Trinajstić information content (AvgIpc) is 3.07. The van der Waals surface area contributed by atoms with E-state index in [4.69, 9.17) is 0 Å². The average molecular weight is 267 g/mol. The van der Waals surface area contributed by atoms with Gasteiger partial charge in [0.2, 0.25) is 0 Å². The SMILES string of the molecule is CCCNC(=O)NCCC(NC1CC1)C(F)(F)F. The van der Waals surface area contributed by atoms with Crippen LogP contribution in [0.1, 0.15) is 32.6 Å². The second-order valence-electron chi connectivity index (χ2n) is 4.51. The molecular weight excluding hydrogens is 247 g/mol. The van der Waals surface area contributed by atoms with Gasteiger partial charge in [-0.05, 0) is 25.7 Å². The minimum absolute atomic E-state index is 0.00876. The maximum atomic E-state index is 12.6. The van der Waals surface area contributed by atoms with E-state index >= 15 is 0 Å². The molecule has 7 heteroatoms. The zero-order valence-corrected chi connectivity index (χ0v) is 10.4. The molecule has 1 aliphatic carbocycles. The number of rotatable bonds is 7. The fraction of sp³-hybridized carbons (Fsp3) is 0.909. The number of carbonyl (C=O) groups is 1. The molecule has 0 saturated heterocycles. The molecule has 1 unspecified atom stereocenters. The van der Waals surface area contributed by atoms with Crippen molar-refractivity contribution in [1.29, 1.82) is 0 Å². The summed E-state index contributed by atoms with van der Waals surface area (Å²) in [6.07, 6.45) is -2.00. The molecule has 3 N–H and O–H groups in total. The van der Waals surface area contributed by atoms with Gasteiger partial charge >= 0.3 is 12.2 Å². The van der Waals surface area contributed by atoms with Crippen LogP contribution in [0.4, 0.5) is 18.0 Å². The summed E-state index contributed by atoms with van der Waals surface area (Å²) in [6.45, 7) is 2.44. The molecule has 2 amide bonds. The molecule has 0 radical (unpaired) electrons. The predicted molar refractivity (Wildman–Crippen MR) is 62.3 cm³/mol. The highest BCUT2D eigenvalue weighted by atomic mass is 19.4. The van der Waals surface area contributed by atoms with Gasteiger partial charge in [0.05, 0.1) is 0 Å². The molecule has 18 heavy (non-hydrogen) atoms. The lowest BCUT2D eigenvalue weighted by Crippen LogP contribution is -2.46. The normalized spacial score (nSPS) is 17.3. The van der Waals surface area contributed by atoms with Crippen LogP contribution in [0.25, 0.3) is 0 Å². The first-order valence-electron chi connectivity index (χ1n) is 6.28. The molecule has 0 aliphatic heterocycles. The summed E-state index contributed by atoms with van der Waals surface area (Å²) in [5.74, 6) is 0. The Labute approximate surface area is 105 Å². The number of nitrogens with one attached hydrogen (secondary N) is 3. The van der Waals surface area contributed by atoms with Gasteiger partial charge in [-0.25, -0.2) is 4.79 Å². The third kappa shape index (κ3) is 6.09. The monoisotopic (exact) mass is 267 g/mol. The number of alkyl halides is 3. The van der Waals surface area contributed by atoms with Gasteiger partial charge < -0.3 is 16.0 Å². The van der Waals surface area contributed by atoms with Gasteiger partial charge in [-0.1, -0.05) is 6.92 Å². The highest BCUT2D eigenvalue weighted by molar-refractivity contribution is 5.73. The summed E-state index contributed by atoms with van der Waals surface area (Å²) in [4.78, 5) is 11.1. The van der Waals surface area contributed by atoms with Crippen molar-refractivity contribution in [2.24, 2.45) is 0 Å². The van der Waals surface area contributed by atoms with Crippen molar-refractivity contribution >= 4 is 6.03 Å². The van der Waals surface area contributed by atoms with E-state index in [9.17, 15) is 18.0 Å². The molecule has 1 atom stereocenters. The van der Waals surface area contributed by atoms with Gasteiger partial charge in [-0.15, -0.1) is 0 Å². The molecule has 1 saturated carbocycles. The van der Waals surface area contributed by atoms with Crippen LogP contribution >= 0.6 is 0 Å². The van der Waals surface area contributed by atoms with E-state index in [2.05, 4.69) is 16.0 Å². The minimum Gasteiger partial charge on any atom is -0.338 e. The first kappa shape index (κ1) is 15.1. The Balaban J connectivity index is 2.22. The Morgan fingerprint density at radius 1 is 1.28 bits per heavy atom. The smallest absolute Gasteiger partial charge is 0.338 e.